The van der Waals surface area contributed by atoms with Crippen LogP contribution >= 0.6 is 11.6 Å². The number of nitro benzene ring substituents is 1. The van der Waals surface area contributed by atoms with E-state index in [1.54, 1.807) is 0 Å². The highest BCUT2D eigenvalue weighted by molar-refractivity contribution is 7.84. The van der Waals surface area contributed by atoms with Crippen LogP contribution in [0.2, 0.25) is 5.02 Å². The number of benzene rings is 1. The van der Waals surface area contributed by atoms with Crippen molar-refractivity contribution in [2.75, 3.05) is 0 Å². The summed E-state index contributed by atoms with van der Waals surface area (Å²) in [5.41, 5.74) is -0.250. The fraction of sp³-hybridized carbons (Fsp3) is 0.143. The summed E-state index contributed by atoms with van der Waals surface area (Å²) in [5, 5.41) is 15.4. The third-order valence-corrected chi connectivity index (χ3v) is 2.30. The van der Waals surface area contributed by atoms with Gasteiger partial charge in [-0.2, -0.15) is 8.42 Å². The molecule has 16 heavy (non-hydrogen) atoms. The van der Waals surface area contributed by atoms with Gasteiger partial charge in [-0.25, -0.2) is 5.14 Å². The highest BCUT2D eigenvalue weighted by Gasteiger charge is 2.16. The molecule has 0 fully saturated rings. The monoisotopic (exact) mass is 266 g/mol. The zero-order chi connectivity index (χ0) is 12.3. The van der Waals surface area contributed by atoms with Crippen LogP contribution < -0.4 is 5.14 Å². The molecule has 0 aliphatic heterocycles. The van der Waals surface area contributed by atoms with Crippen molar-refractivity contribution >= 4 is 27.6 Å². The number of nitro groups is 1. The van der Waals surface area contributed by atoms with Crippen LogP contribution in [-0.4, -0.2) is 13.3 Å². The molecule has 1 aromatic carbocycles. The largest absolute Gasteiger partial charge is 0.333 e. The van der Waals surface area contributed by atoms with Gasteiger partial charge in [-0.1, -0.05) is 11.6 Å². The van der Waals surface area contributed by atoms with Gasteiger partial charge in [0.15, 0.2) is 0 Å². The molecule has 0 heterocycles. The molecule has 0 saturated heterocycles. The summed E-state index contributed by atoms with van der Waals surface area (Å²) in [5.74, 6) is 0. The average molecular weight is 267 g/mol. The van der Waals surface area contributed by atoms with Gasteiger partial charge in [0.2, 0.25) is 0 Å². The van der Waals surface area contributed by atoms with Gasteiger partial charge in [-0.15, -0.1) is 0 Å². The fourth-order valence-corrected chi connectivity index (χ4v) is 1.43. The van der Waals surface area contributed by atoms with Crippen LogP contribution in [0.15, 0.2) is 18.2 Å². The van der Waals surface area contributed by atoms with Crippen LogP contribution in [0, 0.1) is 10.1 Å². The van der Waals surface area contributed by atoms with Crippen LogP contribution in [0.4, 0.5) is 5.69 Å². The summed E-state index contributed by atoms with van der Waals surface area (Å²) in [6, 6.07) is 3.78. The first-order valence-electron chi connectivity index (χ1n) is 3.89. The second-order valence-electron chi connectivity index (χ2n) is 2.79. The molecule has 0 atom stereocenters. The number of rotatable bonds is 4. The van der Waals surface area contributed by atoms with E-state index in [-0.39, 0.29) is 16.3 Å². The first-order valence-corrected chi connectivity index (χ1v) is 5.74. The van der Waals surface area contributed by atoms with Crippen LogP contribution in [0.25, 0.3) is 0 Å². The van der Waals surface area contributed by atoms with Gasteiger partial charge in [0.05, 0.1) is 17.1 Å². The smallest absolute Gasteiger partial charge is 0.258 e. The third kappa shape index (κ3) is 3.74. The topological polar surface area (TPSA) is 113 Å². The molecule has 7 nitrogen and oxygen atoms in total. The van der Waals surface area contributed by atoms with E-state index in [2.05, 4.69) is 9.32 Å². The van der Waals surface area contributed by atoms with E-state index in [0.717, 1.165) is 6.07 Å². The quantitative estimate of drug-likeness (QED) is 0.644. The molecule has 1 rings (SSSR count). The van der Waals surface area contributed by atoms with Crippen LogP contribution in [0.3, 0.4) is 0 Å². The van der Waals surface area contributed by atoms with Gasteiger partial charge in [-0.05, 0) is 12.1 Å². The van der Waals surface area contributed by atoms with E-state index in [0.29, 0.717) is 0 Å². The Morgan fingerprint density at radius 3 is 2.62 bits per heavy atom. The minimum atomic E-state index is -4.13. The molecule has 0 unspecified atom stereocenters. The number of hydrogen-bond donors (Lipinski definition) is 1. The number of halogens is 1. The second-order valence-corrected chi connectivity index (χ2v) is 4.44. The molecule has 0 radical (unpaired) electrons. The maximum Gasteiger partial charge on any atom is 0.333 e. The molecule has 0 spiro atoms. The summed E-state index contributed by atoms with van der Waals surface area (Å²) in [4.78, 5) is 9.92. The van der Waals surface area contributed by atoms with Crippen LogP contribution in [0.1, 0.15) is 5.56 Å². The lowest BCUT2D eigenvalue weighted by Gasteiger charge is -2.02. The second kappa shape index (κ2) is 4.74. The maximum absolute atomic E-state index is 10.6. The van der Waals surface area contributed by atoms with E-state index in [4.69, 9.17) is 11.6 Å². The Hall–Kier alpha value is -1.22. The lowest BCUT2D eigenvalue weighted by Crippen LogP contribution is -2.15. The molecular weight excluding hydrogens is 260 g/mol. The summed E-state index contributed by atoms with van der Waals surface area (Å²) >= 11 is 5.56. The standard InChI is InChI=1S/C7H7ClN2O5S/c8-6-2-1-5(4-15-16(9,13)14)7(3-6)10(11)12/h1-3H,4H2,(H2,9,13,14). The molecule has 0 aromatic heterocycles. The maximum atomic E-state index is 10.6. The normalized spacial score (nSPS) is 11.4. The van der Waals surface area contributed by atoms with E-state index < -0.39 is 21.8 Å². The van der Waals surface area contributed by atoms with Crippen molar-refractivity contribution in [3.63, 3.8) is 0 Å². The predicted molar refractivity (Wildman–Crippen MR) is 56.0 cm³/mol. The highest BCUT2D eigenvalue weighted by atomic mass is 35.5. The Labute approximate surface area is 96.2 Å². The van der Waals surface area contributed by atoms with Crippen molar-refractivity contribution in [1.29, 1.82) is 0 Å². The van der Waals surface area contributed by atoms with Crippen molar-refractivity contribution in [1.82, 2.24) is 0 Å². The fourth-order valence-electron chi connectivity index (χ4n) is 0.975. The Kier molecular flexibility index (Phi) is 3.81. The predicted octanol–water partition coefficient (Wildman–Crippen LogP) is 0.968. The zero-order valence-corrected chi connectivity index (χ0v) is 9.36. The molecule has 88 valence electrons. The van der Waals surface area contributed by atoms with Gasteiger partial charge in [0.25, 0.3) is 5.69 Å². The van der Waals surface area contributed by atoms with Crippen molar-refractivity contribution in [3.8, 4) is 0 Å². The summed E-state index contributed by atoms with van der Waals surface area (Å²) in [6.45, 7) is -0.508. The van der Waals surface area contributed by atoms with Crippen LogP contribution in [0.5, 0.6) is 0 Å². The minimum Gasteiger partial charge on any atom is -0.258 e. The van der Waals surface area contributed by atoms with Crippen molar-refractivity contribution in [3.05, 3.63) is 38.9 Å². The average Bonchev–Trinajstić information content (AvgIpc) is 2.14. The SMILES string of the molecule is NS(=O)(=O)OCc1ccc(Cl)cc1[N+](=O)[O-]. The van der Waals surface area contributed by atoms with Gasteiger partial charge in [0, 0.05) is 11.1 Å². The minimum absolute atomic E-state index is 0.0726. The number of nitrogens with zero attached hydrogens (tertiary/aromatic N) is 1. The first kappa shape index (κ1) is 12.8. The molecule has 2 N–H and O–H groups in total. The Balaban J connectivity index is 3.00. The molecule has 0 saturated carbocycles. The Morgan fingerprint density at radius 1 is 1.50 bits per heavy atom. The molecule has 0 bridgehead atoms. The molecular formula is C7H7ClN2O5S. The van der Waals surface area contributed by atoms with Crippen molar-refractivity contribution in [2.24, 2.45) is 5.14 Å². The number of hydrogen-bond acceptors (Lipinski definition) is 5. The van der Waals surface area contributed by atoms with Gasteiger partial charge < -0.3 is 0 Å². The molecule has 0 aliphatic carbocycles. The van der Waals surface area contributed by atoms with Crippen LogP contribution in [-0.2, 0) is 21.1 Å². The molecule has 0 amide bonds. The lowest BCUT2D eigenvalue weighted by atomic mass is 10.2. The first-order chi connectivity index (χ1) is 7.29. The van der Waals surface area contributed by atoms with Crippen molar-refractivity contribution in [2.45, 2.75) is 6.61 Å². The summed E-state index contributed by atoms with van der Waals surface area (Å²) in [7, 11) is -4.13. The van der Waals surface area contributed by atoms with E-state index in [9.17, 15) is 18.5 Å². The highest BCUT2D eigenvalue weighted by Crippen LogP contribution is 2.23. The summed E-state index contributed by atoms with van der Waals surface area (Å²) < 4.78 is 25.3. The van der Waals surface area contributed by atoms with E-state index in [1.165, 1.54) is 12.1 Å². The zero-order valence-electron chi connectivity index (χ0n) is 7.79. The van der Waals surface area contributed by atoms with E-state index in [1.807, 2.05) is 0 Å². The molecule has 1 aromatic rings. The molecule has 9 heteroatoms. The van der Waals surface area contributed by atoms with Crippen molar-refractivity contribution < 1.29 is 17.5 Å². The van der Waals surface area contributed by atoms with Gasteiger partial charge in [-0.3, -0.25) is 14.3 Å². The Morgan fingerprint density at radius 2 is 2.12 bits per heavy atom. The lowest BCUT2D eigenvalue weighted by molar-refractivity contribution is -0.385. The summed E-state index contributed by atoms with van der Waals surface area (Å²) in [6.07, 6.45) is 0. The molecule has 0 aliphatic rings. The Bertz CT molecular complexity index is 516. The van der Waals surface area contributed by atoms with Gasteiger partial charge in [0.1, 0.15) is 0 Å². The third-order valence-electron chi connectivity index (χ3n) is 1.62. The van der Waals surface area contributed by atoms with Gasteiger partial charge >= 0.3 is 10.3 Å². The number of nitrogens with two attached hydrogens (primary N) is 1. The van der Waals surface area contributed by atoms with E-state index >= 15 is 0 Å².